The lowest BCUT2D eigenvalue weighted by Crippen LogP contribution is -2.28. The summed E-state index contributed by atoms with van der Waals surface area (Å²) < 4.78 is 10.6. The molecule has 0 aliphatic carbocycles. The SMILES string of the molecule is CCCCC/C=C\C/C=C\C/C=C\CCCCCCCCC(=O)O[C@@H](CO)COC(=O)CCCCCCCCCCCCCCCCCCCCC. The third-order valence-electron chi connectivity index (χ3n) is 9.94. The van der Waals surface area contributed by atoms with Gasteiger partial charge in [-0.2, -0.15) is 0 Å². The molecule has 304 valence electrons. The molecule has 1 N–H and O–H groups in total. The summed E-state index contributed by atoms with van der Waals surface area (Å²) in [6.07, 6.45) is 53.6. The lowest BCUT2D eigenvalue weighted by atomic mass is 10.0. The van der Waals surface area contributed by atoms with Gasteiger partial charge in [-0.25, -0.2) is 0 Å². The fraction of sp³-hybridized carbons (Fsp3) is 0.830. The minimum Gasteiger partial charge on any atom is -0.462 e. The van der Waals surface area contributed by atoms with Crippen molar-refractivity contribution >= 4 is 11.9 Å². The highest BCUT2D eigenvalue weighted by molar-refractivity contribution is 5.70. The number of rotatable bonds is 41. The predicted octanol–water partition coefficient (Wildman–Crippen LogP) is 14.4. The summed E-state index contributed by atoms with van der Waals surface area (Å²) in [4.78, 5) is 24.3. The van der Waals surface area contributed by atoms with E-state index in [1.165, 1.54) is 148 Å². The minimum atomic E-state index is -0.776. The quantitative estimate of drug-likeness (QED) is 0.0385. The van der Waals surface area contributed by atoms with E-state index in [-0.39, 0.29) is 25.2 Å². The third-order valence-corrected chi connectivity index (χ3v) is 9.94. The van der Waals surface area contributed by atoms with Gasteiger partial charge in [-0.1, -0.05) is 204 Å². The standard InChI is InChI=1S/C47H86O5/c1-3-5-7-9-11-13-15-17-19-21-23-25-27-29-31-33-35-37-39-41-46(49)51-44-45(43-48)52-47(50)42-40-38-36-34-32-30-28-26-24-22-20-18-16-14-12-10-8-6-4-2/h12,14,18,20,24,26,45,48H,3-11,13,15-17,19,21-23,25,27-44H2,1-2H3/b14-12-,20-18-,26-24-/t45-/m0/s1. The van der Waals surface area contributed by atoms with Crippen LogP contribution in [0.25, 0.3) is 0 Å². The number of carbonyl (C=O) groups is 2. The Labute approximate surface area is 323 Å². The monoisotopic (exact) mass is 731 g/mol. The molecule has 0 aromatic rings. The van der Waals surface area contributed by atoms with Gasteiger partial charge in [0.2, 0.25) is 0 Å². The van der Waals surface area contributed by atoms with Crippen molar-refractivity contribution in [1.29, 1.82) is 0 Å². The normalized spacial score (nSPS) is 12.4. The first-order chi connectivity index (χ1) is 25.6. The van der Waals surface area contributed by atoms with Crippen LogP contribution in [0.2, 0.25) is 0 Å². The van der Waals surface area contributed by atoms with Crippen LogP contribution in [0.3, 0.4) is 0 Å². The van der Waals surface area contributed by atoms with E-state index >= 15 is 0 Å². The molecule has 0 saturated carbocycles. The van der Waals surface area contributed by atoms with Gasteiger partial charge in [0.25, 0.3) is 0 Å². The second-order valence-electron chi connectivity index (χ2n) is 15.1. The third kappa shape index (κ3) is 40.9. The molecule has 0 radical (unpaired) electrons. The maximum atomic E-state index is 12.2. The molecule has 0 bridgehead atoms. The molecule has 0 heterocycles. The van der Waals surface area contributed by atoms with Crippen molar-refractivity contribution in [2.75, 3.05) is 13.2 Å². The fourth-order valence-electron chi connectivity index (χ4n) is 6.50. The van der Waals surface area contributed by atoms with E-state index in [2.05, 4.69) is 50.3 Å². The molecule has 5 heteroatoms. The summed E-state index contributed by atoms with van der Waals surface area (Å²) in [5.74, 6) is -0.596. The molecule has 0 saturated heterocycles. The van der Waals surface area contributed by atoms with E-state index in [0.29, 0.717) is 12.8 Å². The number of carbonyl (C=O) groups excluding carboxylic acids is 2. The van der Waals surface area contributed by atoms with Gasteiger partial charge in [0, 0.05) is 12.8 Å². The van der Waals surface area contributed by atoms with Crippen LogP contribution in [0, 0.1) is 0 Å². The Hall–Kier alpha value is -1.88. The molecule has 0 aliphatic rings. The fourth-order valence-corrected chi connectivity index (χ4v) is 6.50. The summed E-state index contributed by atoms with van der Waals surface area (Å²) in [7, 11) is 0. The molecule has 0 unspecified atom stereocenters. The smallest absolute Gasteiger partial charge is 0.306 e. The minimum absolute atomic E-state index is 0.0680. The average Bonchev–Trinajstić information content (AvgIpc) is 3.15. The van der Waals surface area contributed by atoms with E-state index < -0.39 is 6.10 Å². The molecule has 0 aliphatic heterocycles. The van der Waals surface area contributed by atoms with Gasteiger partial charge < -0.3 is 14.6 Å². The summed E-state index contributed by atoms with van der Waals surface area (Å²) in [5, 5.41) is 9.59. The van der Waals surface area contributed by atoms with E-state index in [0.717, 1.165) is 57.8 Å². The Bertz CT molecular complexity index is 832. The summed E-state index contributed by atoms with van der Waals surface area (Å²) in [6, 6.07) is 0. The zero-order chi connectivity index (χ0) is 37.8. The zero-order valence-corrected chi connectivity index (χ0v) is 34.6. The van der Waals surface area contributed by atoms with E-state index in [9.17, 15) is 14.7 Å². The van der Waals surface area contributed by atoms with Crippen molar-refractivity contribution in [2.45, 2.75) is 238 Å². The molecule has 1 atom stereocenters. The van der Waals surface area contributed by atoms with Crippen LogP contribution >= 0.6 is 0 Å². The molecular formula is C47H86O5. The number of aliphatic hydroxyl groups is 1. The summed E-state index contributed by atoms with van der Waals surface area (Å²) in [5.41, 5.74) is 0. The number of allylic oxidation sites excluding steroid dienone is 6. The van der Waals surface area contributed by atoms with E-state index in [1.54, 1.807) is 0 Å². The first kappa shape index (κ1) is 50.1. The average molecular weight is 731 g/mol. The van der Waals surface area contributed by atoms with Crippen LogP contribution in [0.15, 0.2) is 36.5 Å². The van der Waals surface area contributed by atoms with Crippen molar-refractivity contribution in [1.82, 2.24) is 0 Å². The van der Waals surface area contributed by atoms with Gasteiger partial charge >= 0.3 is 11.9 Å². The second-order valence-corrected chi connectivity index (χ2v) is 15.1. The van der Waals surface area contributed by atoms with Gasteiger partial charge in [0.1, 0.15) is 6.61 Å². The van der Waals surface area contributed by atoms with Crippen LogP contribution in [-0.4, -0.2) is 36.4 Å². The summed E-state index contributed by atoms with van der Waals surface area (Å²) in [6.45, 7) is 4.12. The molecule has 0 fully saturated rings. The van der Waals surface area contributed by atoms with Crippen molar-refractivity contribution < 1.29 is 24.2 Å². The molecule has 0 amide bonds. The number of esters is 2. The number of hydrogen-bond acceptors (Lipinski definition) is 5. The van der Waals surface area contributed by atoms with Crippen LogP contribution in [-0.2, 0) is 19.1 Å². The van der Waals surface area contributed by atoms with Crippen LogP contribution < -0.4 is 0 Å². The topological polar surface area (TPSA) is 72.8 Å². The first-order valence-electron chi connectivity index (χ1n) is 22.5. The second kappa shape index (κ2) is 43.5. The molecule has 52 heavy (non-hydrogen) atoms. The molecule has 0 rings (SSSR count). The Morgan fingerprint density at radius 3 is 1.19 bits per heavy atom. The number of hydrogen-bond donors (Lipinski definition) is 1. The highest BCUT2D eigenvalue weighted by Crippen LogP contribution is 2.15. The largest absolute Gasteiger partial charge is 0.462 e. The first-order valence-corrected chi connectivity index (χ1v) is 22.5. The van der Waals surface area contributed by atoms with E-state index in [1.807, 2.05) is 0 Å². The van der Waals surface area contributed by atoms with Crippen molar-refractivity contribution in [3.8, 4) is 0 Å². The van der Waals surface area contributed by atoms with Crippen LogP contribution in [0.1, 0.15) is 232 Å². The summed E-state index contributed by atoms with van der Waals surface area (Å²) >= 11 is 0. The van der Waals surface area contributed by atoms with Crippen molar-refractivity contribution in [3.05, 3.63) is 36.5 Å². The van der Waals surface area contributed by atoms with Gasteiger partial charge in [0.05, 0.1) is 6.61 Å². The Morgan fingerprint density at radius 1 is 0.442 bits per heavy atom. The Morgan fingerprint density at radius 2 is 0.769 bits per heavy atom. The maximum Gasteiger partial charge on any atom is 0.306 e. The molecule has 0 aromatic heterocycles. The molecule has 0 spiro atoms. The Balaban J connectivity index is 3.53. The zero-order valence-electron chi connectivity index (χ0n) is 34.6. The highest BCUT2D eigenvalue weighted by Gasteiger charge is 2.16. The van der Waals surface area contributed by atoms with Crippen molar-refractivity contribution in [2.24, 2.45) is 0 Å². The molecular weight excluding hydrogens is 645 g/mol. The number of unbranched alkanes of at least 4 members (excludes halogenated alkanes) is 27. The van der Waals surface area contributed by atoms with E-state index in [4.69, 9.17) is 9.47 Å². The van der Waals surface area contributed by atoms with Crippen molar-refractivity contribution in [3.63, 3.8) is 0 Å². The van der Waals surface area contributed by atoms with Crippen LogP contribution in [0.4, 0.5) is 0 Å². The lowest BCUT2D eigenvalue weighted by molar-refractivity contribution is -0.161. The highest BCUT2D eigenvalue weighted by atomic mass is 16.6. The van der Waals surface area contributed by atoms with Gasteiger partial charge in [-0.3, -0.25) is 9.59 Å². The maximum absolute atomic E-state index is 12.2. The predicted molar refractivity (Wildman–Crippen MR) is 224 cm³/mol. The number of ether oxygens (including phenoxy) is 2. The molecule has 5 nitrogen and oxygen atoms in total. The Kier molecular flexibility index (Phi) is 42.0. The van der Waals surface area contributed by atoms with Crippen LogP contribution in [0.5, 0.6) is 0 Å². The number of aliphatic hydroxyl groups excluding tert-OH is 1. The molecule has 0 aromatic carbocycles. The van der Waals surface area contributed by atoms with Gasteiger partial charge in [0.15, 0.2) is 6.10 Å². The lowest BCUT2D eigenvalue weighted by Gasteiger charge is -2.15. The van der Waals surface area contributed by atoms with Gasteiger partial charge in [-0.05, 0) is 51.4 Å². The van der Waals surface area contributed by atoms with Gasteiger partial charge in [-0.15, -0.1) is 0 Å².